The number of carboxylic acids is 1. The Labute approximate surface area is 116 Å². The van der Waals surface area contributed by atoms with Crippen molar-refractivity contribution < 1.29 is 14.7 Å². The Kier molecular flexibility index (Phi) is 3.94. The maximum atomic E-state index is 12.0. The molecule has 2 rings (SSSR count). The number of nitrogens with one attached hydrogen (secondary N) is 1. The molecule has 0 atom stereocenters. The van der Waals surface area contributed by atoms with E-state index in [1.807, 2.05) is 19.9 Å². The molecule has 1 aliphatic rings. The van der Waals surface area contributed by atoms with Crippen LogP contribution in [0.2, 0.25) is 0 Å². The number of carbonyl (C=O) groups is 2. The van der Waals surface area contributed by atoms with E-state index in [2.05, 4.69) is 5.32 Å². The highest BCUT2D eigenvalue weighted by Crippen LogP contribution is 2.43. The molecule has 1 amide bonds. The van der Waals surface area contributed by atoms with E-state index in [9.17, 15) is 9.59 Å². The monoisotopic (exact) mass is 281 g/mol. The van der Waals surface area contributed by atoms with Crippen molar-refractivity contribution in [1.82, 2.24) is 5.32 Å². The second-order valence-electron chi connectivity index (χ2n) is 5.46. The number of carboxylic acid groups (broad SMARTS) is 1. The first-order valence-corrected chi connectivity index (χ1v) is 7.31. The summed E-state index contributed by atoms with van der Waals surface area (Å²) in [6, 6.07) is 1.89. The predicted octanol–water partition coefficient (Wildman–Crippen LogP) is 2.74. The zero-order valence-corrected chi connectivity index (χ0v) is 12.1. The van der Waals surface area contributed by atoms with Crippen LogP contribution < -0.4 is 5.32 Å². The first-order chi connectivity index (χ1) is 8.92. The molecule has 0 radical (unpaired) electrons. The van der Waals surface area contributed by atoms with Gasteiger partial charge in [0.05, 0.1) is 11.3 Å². The van der Waals surface area contributed by atoms with Gasteiger partial charge in [0.1, 0.15) is 0 Å². The highest BCUT2D eigenvalue weighted by Gasteiger charge is 2.39. The van der Waals surface area contributed by atoms with Gasteiger partial charge in [-0.15, -0.1) is 11.3 Å². The summed E-state index contributed by atoms with van der Waals surface area (Å²) >= 11 is 1.48. The Morgan fingerprint density at radius 2 is 2.11 bits per heavy atom. The SMILES string of the molecule is Cc1cc(C(=O)NCC2(CC(=O)O)CCC2)sc1C. The highest BCUT2D eigenvalue weighted by atomic mass is 32.1. The average Bonchev–Trinajstić information content (AvgIpc) is 2.62. The van der Waals surface area contributed by atoms with Gasteiger partial charge in [-0.3, -0.25) is 9.59 Å². The zero-order chi connectivity index (χ0) is 14.0. The molecule has 104 valence electrons. The quantitative estimate of drug-likeness (QED) is 0.872. The molecule has 1 aliphatic carbocycles. The summed E-state index contributed by atoms with van der Waals surface area (Å²) in [6.45, 7) is 4.45. The largest absolute Gasteiger partial charge is 0.481 e. The van der Waals surface area contributed by atoms with E-state index in [-0.39, 0.29) is 17.7 Å². The molecule has 0 unspecified atom stereocenters. The summed E-state index contributed by atoms with van der Waals surface area (Å²) in [5, 5.41) is 11.8. The normalized spacial score (nSPS) is 16.7. The minimum absolute atomic E-state index is 0.0853. The highest BCUT2D eigenvalue weighted by molar-refractivity contribution is 7.14. The molecule has 0 spiro atoms. The molecular weight excluding hydrogens is 262 g/mol. The van der Waals surface area contributed by atoms with Crippen LogP contribution >= 0.6 is 11.3 Å². The lowest BCUT2D eigenvalue weighted by molar-refractivity contribution is -0.141. The number of amides is 1. The summed E-state index contributed by atoms with van der Waals surface area (Å²) in [5.74, 6) is -0.866. The van der Waals surface area contributed by atoms with Crippen LogP contribution in [0.25, 0.3) is 0 Å². The molecule has 0 bridgehead atoms. The van der Waals surface area contributed by atoms with E-state index in [1.54, 1.807) is 0 Å². The van der Waals surface area contributed by atoms with Crippen molar-refractivity contribution in [2.75, 3.05) is 6.54 Å². The minimum Gasteiger partial charge on any atom is -0.481 e. The minimum atomic E-state index is -0.781. The molecule has 5 heteroatoms. The van der Waals surface area contributed by atoms with E-state index in [0.29, 0.717) is 11.4 Å². The molecule has 1 saturated carbocycles. The zero-order valence-electron chi connectivity index (χ0n) is 11.3. The smallest absolute Gasteiger partial charge is 0.303 e. The van der Waals surface area contributed by atoms with Gasteiger partial charge < -0.3 is 10.4 Å². The molecular formula is C14H19NO3S. The van der Waals surface area contributed by atoms with Gasteiger partial charge in [-0.1, -0.05) is 6.42 Å². The van der Waals surface area contributed by atoms with Crippen LogP contribution in [-0.2, 0) is 4.79 Å². The maximum Gasteiger partial charge on any atom is 0.303 e. The van der Waals surface area contributed by atoms with Crippen molar-refractivity contribution >= 4 is 23.2 Å². The number of aryl methyl sites for hydroxylation is 2. The molecule has 1 aromatic heterocycles. The third kappa shape index (κ3) is 3.15. The van der Waals surface area contributed by atoms with E-state index in [0.717, 1.165) is 29.7 Å². The number of rotatable bonds is 5. The second kappa shape index (κ2) is 5.33. The molecule has 0 aromatic carbocycles. The van der Waals surface area contributed by atoms with E-state index < -0.39 is 5.97 Å². The Hall–Kier alpha value is -1.36. The second-order valence-corrected chi connectivity index (χ2v) is 6.71. The fourth-order valence-electron chi connectivity index (χ4n) is 2.45. The van der Waals surface area contributed by atoms with E-state index >= 15 is 0 Å². The fraction of sp³-hybridized carbons (Fsp3) is 0.571. The van der Waals surface area contributed by atoms with Crippen molar-refractivity contribution in [2.45, 2.75) is 39.5 Å². The van der Waals surface area contributed by atoms with Crippen LogP contribution in [0.4, 0.5) is 0 Å². The van der Waals surface area contributed by atoms with E-state index in [4.69, 9.17) is 5.11 Å². The van der Waals surface area contributed by atoms with Gasteiger partial charge in [0.15, 0.2) is 0 Å². The van der Waals surface area contributed by atoms with Crippen molar-refractivity contribution in [3.05, 3.63) is 21.4 Å². The van der Waals surface area contributed by atoms with Gasteiger partial charge in [-0.05, 0) is 43.7 Å². The Morgan fingerprint density at radius 3 is 2.53 bits per heavy atom. The van der Waals surface area contributed by atoms with Crippen LogP contribution in [0.1, 0.15) is 45.8 Å². The van der Waals surface area contributed by atoms with Gasteiger partial charge in [0, 0.05) is 11.4 Å². The predicted molar refractivity (Wildman–Crippen MR) is 74.7 cm³/mol. The molecule has 4 nitrogen and oxygen atoms in total. The van der Waals surface area contributed by atoms with Gasteiger partial charge in [0.25, 0.3) is 5.91 Å². The molecule has 2 N–H and O–H groups in total. The lowest BCUT2D eigenvalue weighted by Gasteiger charge is -2.40. The number of hydrogen-bond acceptors (Lipinski definition) is 3. The van der Waals surface area contributed by atoms with Crippen molar-refractivity contribution in [3.8, 4) is 0 Å². The Balaban J connectivity index is 1.94. The third-order valence-corrected chi connectivity index (χ3v) is 5.11. The molecule has 0 aliphatic heterocycles. The first-order valence-electron chi connectivity index (χ1n) is 6.49. The van der Waals surface area contributed by atoms with Crippen molar-refractivity contribution in [2.24, 2.45) is 5.41 Å². The van der Waals surface area contributed by atoms with E-state index in [1.165, 1.54) is 11.3 Å². The summed E-state index contributed by atoms with van der Waals surface area (Å²) < 4.78 is 0. The topological polar surface area (TPSA) is 66.4 Å². The van der Waals surface area contributed by atoms with Crippen molar-refractivity contribution in [3.63, 3.8) is 0 Å². The van der Waals surface area contributed by atoms with Crippen LogP contribution in [0.5, 0.6) is 0 Å². The van der Waals surface area contributed by atoms with Gasteiger partial charge in [0.2, 0.25) is 0 Å². The Bertz CT molecular complexity index is 483. The number of hydrogen-bond donors (Lipinski definition) is 2. The number of aliphatic carboxylic acids is 1. The number of carbonyl (C=O) groups excluding carboxylic acids is 1. The third-order valence-electron chi connectivity index (χ3n) is 3.95. The standard InChI is InChI=1S/C14H19NO3S/c1-9-6-11(19-10(9)2)13(18)15-8-14(4-3-5-14)7-12(16)17/h6H,3-5,7-8H2,1-2H3,(H,15,18)(H,16,17). The van der Waals surface area contributed by atoms with Crippen LogP contribution in [0.15, 0.2) is 6.07 Å². The summed E-state index contributed by atoms with van der Waals surface area (Å²) in [6.07, 6.45) is 2.99. The lowest BCUT2D eigenvalue weighted by atomic mass is 9.66. The first kappa shape index (κ1) is 14.1. The lowest BCUT2D eigenvalue weighted by Crippen LogP contribution is -2.43. The van der Waals surface area contributed by atoms with Crippen LogP contribution in [0, 0.1) is 19.3 Å². The average molecular weight is 281 g/mol. The van der Waals surface area contributed by atoms with Crippen LogP contribution in [-0.4, -0.2) is 23.5 Å². The molecule has 1 heterocycles. The summed E-state index contributed by atoms with van der Waals surface area (Å²) in [7, 11) is 0. The summed E-state index contributed by atoms with van der Waals surface area (Å²) in [5.41, 5.74) is 0.905. The maximum absolute atomic E-state index is 12.0. The van der Waals surface area contributed by atoms with Crippen LogP contribution in [0.3, 0.4) is 0 Å². The van der Waals surface area contributed by atoms with Crippen molar-refractivity contribution in [1.29, 1.82) is 0 Å². The van der Waals surface area contributed by atoms with Gasteiger partial charge in [-0.25, -0.2) is 0 Å². The fourth-order valence-corrected chi connectivity index (χ4v) is 3.40. The molecule has 19 heavy (non-hydrogen) atoms. The molecule has 0 saturated heterocycles. The summed E-state index contributed by atoms with van der Waals surface area (Å²) in [4.78, 5) is 24.7. The Morgan fingerprint density at radius 1 is 1.42 bits per heavy atom. The molecule has 1 fully saturated rings. The number of thiophene rings is 1. The van der Waals surface area contributed by atoms with Gasteiger partial charge >= 0.3 is 5.97 Å². The molecule has 1 aromatic rings. The van der Waals surface area contributed by atoms with Gasteiger partial charge in [-0.2, -0.15) is 0 Å².